The van der Waals surface area contributed by atoms with Crippen LogP contribution in [0.15, 0.2) is 59.9 Å². The van der Waals surface area contributed by atoms with Crippen LogP contribution in [0.25, 0.3) is 0 Å². The Labute approximate surface area is 164 Å². The van der Waals surface area contributed by atoms with Crippen molar-refractivity contribution in [1.82, 2.24) is 15.8 Å². The smallest absolute Gasteiger partial charge is 0.252 e. The van der Waals surface area contributed by atoms with Gasteiger partial charge >= 0.3 is 0 Å². The Morgan fingerprint density at radius 2 is 1.82 bits per heavy atom. The number of rotatable bonds is 10. The second kappa shape index (κ2) is 12.7. The molecule has 0 aliphatic heterocycles. The van der Waals surface area contributed by atoms with E-state index in [0.29, 0.717) is 24.7 Å². The molecule has 146 valence electrons. The summed E-state index contributed by atoms with van der Waals surface area (Å²) >= 11 is 0. The zero-order valence-electron chi connectivity index (χ0n) is 15.6. The first-order chi connectivity index (χ1) is 13.8. The number of pyridine rings is 1. The molecule has 3 N–H and O–H groups in total. The number of unbranched alkanes of at least 4 members (excludes halogenated alkanes) is 3. The molecule has 1 aromatic heterocycles. The number of guanidine groups is 1. The van der Waals surface area contributed by atoms with E-state index in [1.165, 1.54) is 0 Å². The van der Waals surface area contributed by atoms with Crippen LogP contribution in [0.5, 0.6) is 5.75 Å². The van der Waals surface area contributed by atoms with Gasteiger partial charge in [-0.15, -0.1) is 0 Å². The minimum atomic E-state index is -0.135. The van der Waals surface area contributed by atoms with Crippen LogP contribution in [-0.2, 0) is 4.79 Å². The van der Waals surface area contributed by atoms with Crippen LogP contribution >= 0.6 is 0 Å². The average molecular weight is 380 g/mol. The van der Waals surface area contributed by atoms with E-state index in [-0.39, 0.29) is 5.91 Å². The number of carbonyl (C=O) groups is 1. The number of anilines is 1. The number of para-hydroxylation sites is 1. The number of aliphatic imine (C=N–C) groups is 1. The first kappa shape index (κ1) is 20.7. The monoisotopic (exact) mass is 380 g/mol. The van der Waals surface area contributed by atoms with E-state index in [0.717, 1.165) is 31.4 Å². The maximum absolute atomic E-state index is 11.7. The quantitative estimate of drug-likeness (QED) is 0.146. The van der Waals surface area contributed by atoms with Gasteiger partial charge in [0.25, 0.3) is 5.91 Å². The maximum atomic E-state index is 11.7. The third kappa shape index (κ3) is 8.67. The van der Waals surface area contributed by atoms with Crippen molar-refractivity contribution < 1.29 is 9.63 Å². The van der Waals surface area contributed by atoms with Gasteiger partial charge in [0.2, 0.25) is 5.96 Å². The number of hydrogen-bond donors (Lipinski definition) is 3. The summed E-state index contributed by atoms with van der Waals surface area (Å²) in [5, 5.41) is 14.4. The number of hydrogen-bond acceptors (Lipinski definition) is 5. The van der Waals surface area contributed by atoms with Crippen molar-refractivity contribution in [2.75, 3.05) is 11.9 Å². The van der Waals surface area contributed by atoms with Crippen LogP contribution < -0.4 is 21.0 Å². The molecule has 1 amide bonds. The van der Waals surface area contributed by atoms with Crippen molar-refractivity contribution in [3.05, 3.63) is 54.9 Å². The van der Waals surface area contributed by atoms with Gasteiger partial charge in [-0.05, 0) is 37.1 Å². The zero-order valence-corrected chi connectivity index (χ0v) is 15.6. The molecule has 28 heavy (non-hydrogen) atoms. The summed E-state index contributed by atoms with van der Waals surface area (Å²) in [6.45, 7) is 0.589. The van der Waals surface area contributed by atoms with Crippen molar-refractivity contribution in [3.8, 4) is 11.9 Å². The number of amides is 1. The highest BCUT2D eigenvalue weighted by Gasteiger charge is 2.02. The Morgan fingerprint density at radius 3 is 2.57 bits per heavy atom. The summed E-state index contributed by atoms with van der Waals surface area (Å²) in [6.07, 6.45) is 9.14. The Hall–Kier alpha value is -3.60. The van der Waals surface area contributed by atoms with E-state index < -0.39 is 0 Å². The molecule has 2 aromatic rings. The van der Waals surface area contributed by atoms with Gasteiger partial charge in [0, 0.05) is 31.0 Å². The molecule has 0 saturated carbocycles. The minimum absolute atomic E-state index is 0.135. The molecule has 0 aliphatic rings. The molecule has 0 radical (unpaired) electrons. The lowest BCUT2D eigenvalue weighted by Gasteiger charge is -2.08. The Morgan fingerprint density at radius 1 is 1.07 bits per heavy atom. The molecular weight excluding hydrogens is 356 g/mol. The van der Waals surface area contributed by atoms with E-state index in [1.807, 2.05) is 24.4 Å². The number of nitrogens with one attached hydrogen (secondary N) is 3. The topological polar surface area (TPSA) is 111 Å². The lowest BCUT2D eigenvalue weighted by molar-refractivity contribution is -0.127. The van der Waals surface area contributed by atoms with E-state index in [1.54, 1.807) is 36.7 Å². The van der Waals surface area contributed by atoms with Gasteiger partial charge in [-0.1, -0.05) is 31.0 Å². The molecular formula is C20H24N6O2. The summed E-state index contributed by atoms with van der Waals surface area (Å²) in [7, 11) is 0. The molecule has 0 atom stereocenters. The highest BCUT2D eigenvalue weighted by atomic mass is 16.7. The Bertz CT molecular complexity index is 774. The third-order valence-corrected chi connectivity index (χ3v) is 3.73. The van der Waals surface area contributed by atoms with Crippen LogP contribution in [0.2, 0.25) is 0 Å². The van der Waals surface area contributed by atoms with E-state index in [2.05, 4.69) is 26.1 Å². The van der Waals surface area contributed by atoms with E-state index in [4.69, 9.17) is 10.1 Å². The van der Waals surface area contributed by atoms with Crippen molar-refractivity contribution >= 4 is 17.6 Å². The van der Waals surface area contributed by atoms with Crippen molar-refractivity contribution in [3.63, 3.8) is 0 Å². The number of nitrogens with zero attached hydrogens (tertiary/aromatic N) is 3. The summed E-state index contributed by atoms with van der Waals surface area (Å²) < 4.78 is 0. The number of hydroxylamine groups is 1. The molecule has 0 fully saturated rings. The predicted molar refractivity (Wildman–Crippen MR) is 107 cm³/mol. The van der Waals surface area contributed by atoms with Gasteiger partial charge in [0.1, 0.15) is 0 Å². The highest BCUT2D eigenvalue weighted by molar-refractivity contribution is 5.94. The summed E-state index contributed by atoms with van der Waals surface area (Å²) in [4.78, 5) is 25.2. The summed E-state index contributed by atoms with van der Waals surface area (Å²) in [5.41, 5.74) is 3.25. The molecule has 0 bridgehead atoms. The summed E-state index contributed by atoms with van der Waals surface area (Å²) in [6, 6.07) is 12.7. The molecule has 0 unspecified atom stereocenters. The van der Waals surface area contributed by atoms with E-state index >= 15 is 0 Å². The van der Waals surface area contributed by atoms with Gasteiger partial charge in [0.05, 0.1) is 0 Å². The Kier molecular flexibility index (Phi) is 9.40. The normalized spacial score (nSPS) is 10.6. The SMILES string of the molecule is N#CNC(=NCCCCCCC(=O)NOc1ccccc1)Nc1ccncc1. The number of carbonyl (C=O) groups excluding carboxylic acids is 1. The number of benzene rings is 1. The molecule has 1 heterocycles. The van der Waals surface area contributed by atoms with Gasteiger partial charge in [-0.3, -0.25) is 20.1 Å². The van der Waals surface area contributed by atoms with Gasteiger partial charge in [0.15, 0.2) is 11.9 Å². The zero-order chi connectivity index (χ0) is 19.9. The van der Waals surface area contributed by atoms with Crippen molar-refractivity contribution in [2.45, 2.75) is 32.1 Å². The van der Waals surface area contributed by atoms with Crippen LogP contribution in [-0.4, -0.2) is 23.4 Å². The number of aromatic nitrogens is 1. The highest BCUT2D eigenvalue weighted by Crippen LogP contribution is 2.08. The fourth-order valence-corrected chi connectivity index (χ4v) is 2.33. The van der Waals surface area contributed by atoms with E-state index in [9.17, 15) is 4.79 Å². The van der Waals surface area contributed by atoms with Crippen LogP contribution in [0.4, 0.5) is 5.69 Å². The molecule has 0 saturated heterocycles. The fraction of sp³-hybridized carbons (Fsp3) is 0.300. The van der Waals surface area contributed by atoms with Crippen LogP contribution in [0, 0.1) is 11.5 Å². The molecule has 2 rings (SSSR count). The first-order valence-electron chi connectivity index (χ1n) is 9.15. The molecule has 8 nitrogen and oxygen atoms in total. The van der Waals surface area contributed by atoms with Gasteiger partial charge < -0.3 is 10.2 Å². The molecule has 8 heteroatoms. The van der Waals surface area contributed by atoms with Crippen molar-refractivity contribution in [1.29, 1.82) is 5.26 Å². The lowest BCUT2D eigenvalue weighted by Crippen LogP contribution is -2.27. The summed E-state index contributed by atoms with van der Waals surface area (Å²) in [5.74, 6) is 0.880. The molecule has 1 aromatic carbocycles. The fourth-order valence-electron chi connectivity index (χ4n) is 2.33. The van der Waals surface area contributed by atoms with Gasteiger partial charge in [-0.25, -0.2) is 0 Å². The lowest BCUT2D eigenvalue weighted by atomic mass is 10.1. The number of nitriles is 1. The minimum Gasteiger partial charge on any atom is -0.380 e. The molecule has 0 aliphatic carbocycles. The third-order valence-electron chi connectivity index (χ3n) is 3.73. The second-order valence-corrected chi connectivity index (χ2v) is 5.93. The van der Waals surface area contributed by atoms with Gasteiger partial charge in [-0.2, -0.15) is 10.7 Å². The maximum Gasteiger partial charge on any atom is 0.252 e. The largest absolute Gasteiger partial charge is 0.380 e. The predicted octanol–water partition coefficient (Wildman–Crippen LogP) is 2.98. The Balaban J connectivity index is 1.56. The average Bonchev–Trinajstić information content (AvgIpc) is 2.73. The molecule has 0 spiro atoms. The van der Waals surface area contributed by atoms with Crippen molar-refractivity contribution in [2.24, 2.45) is 4.99 Å². The van der Waals surface area contributed by atoms with Crippen LogP contribution in [0.3, 0.4) is 0 Å². The van der Waals surface area contributed by atoms with Crippen LogP contribution in [0.1, 0.15) is 32.1 Å². The second-order valence-electron chi connectivity index (χ2n) is 5.93. The standard InChI is InChI=1S/C20H24N6O2/c21-16-24-20(25-17-11-14-22-15-12-17)23-13-7-2-1-6-10-19(27)26-28-18-8-4-3-5-9-18/h3-5,8-9,11-12,14-15H,1-2,6-7,10,13H2,(H,26,27)(H2,22,23,24,25). The first-order valence-corrected chi connectivity index (χ1v) is 9.15.